The number of nitrogens with zero attached hydrogens (tertiary/aromatic N) is 1. The minimum absolute atomic E-state index is 0.759. The van der Waals surface area contributed by atoms with Crippen molar-refractivity contribution in [2.75, 3.05) is 0 Å². The van der Waals surface area contributed by atoms with Crippen LogP contribution in [0.1, 0.15) is 16.7 Å². The van der Waals surface area contributed by atoms with E-state index in [1.807, 2.05) is 6.92 Å². The number of aryl methyl sites for hydroxylation is 1. The Kier molecular flexibility index (Phi) is 5.57. The molecule has 0 saturated carbocycles. The minimum Gasteiger partial charge on any atom is -0.192 e. The molecular weight excluding hydrogens is 369 g/mol. The lowest BCUT2D eigenvalue weighted by atomic mass is 10.1. The molecule has 0 aromatic heterocycles. The van der Waals surface area contributed by atoms with Gasteiger partial charge in [0.2, 0.25) is 0 Å². The van der Waals surface area contributed by atoms with Crippen molar-refractivity contribution in [3.63, 3.8) is 0 Å². The maximum atomic E-state index is 9.55. The molecule has 4 rings (SSSR count). The number of nitriles is 1. The van der Waals surface area contributed by atoms with E-state index >= 15 is 0 Å². The molecule has 0 radical (unpaired) electrons. The molecule has 0 aliphatic heterocycles. The lowest BCUT2D eigenvalue weighted by Crippen LogP contribution is -2.32. The van der Waals surface area contributed by atoms with Gasteiger partial charge in [-0.05, 0) is 60.5 Å². The maximum Gasteiger partial charge on any atom is 0.116 e. The number of rotatable bonds is 5. The molecule has 0 aliphatic carbocycles. The smallest absolute Gasteiger partial charge is 0.116 e. The largest absolute Gasteiger partial charge is 0.192 e. The van der Waals surface area contributed by atoms with Crippen LogP contribution < -0.4 is 15.9 Å². The molecule has 0 fully saturated rings. The fourth-order valence-corrected chi connectivity index (χ4v) is 8.16. The summed E-state index contributed by atoms with van der Waals surface area (Å²) >= 11 is 0. The van der Waals surface area contributed by atoms with Gasteiger partial charge in [-0.25, -0.2) is 0 Å². The van der Waals surface area contributed by atoms with Crippen LogP contribution in [0.5, 0.6) is 0 Å². The quantitative estimate of drug-likeness (QED) is 0.420. The number of hydrogen-bond acceptors (Lipinski definition) is 1. The Balaban J connectivity index is 1.99. The molecule has 0 bridgehead atoms. The molecule has 29 heavy (non-hydrogen) atoms. The molecule has 0 atom stereocenters. The highest BCUT2D eigenvalue weighted by atomic mass is 31.2. The van der Waals surface area contributed by atoms with Gasteiger partial charge in [0.25, 0.3) is 0 Å². The Morgan fingerprint density at radius 3 is 1.52 bits per heavy atom. The van der Waals surface area contributed by atoms with E-state index in [9.17, 15) is 5.26 Å². The fourth-order valence-electron chi connectivity index (χ4n) is 3.93. The summed E-state index contributed by atoms with van der Waals surface area (Å²) in [6.45, 7) is 2.00. The van der Waals surface area contributed by atoms with Crippen LogP contribution >= 0.6 is 7.26 Å². The first-order chi connectivity index (χ1) is 14.2. The predicted octanol–water partition coefficient (Wildman–Crippen LogP) is 5.36. The first-order valence-corrected chi connectivity index (χ1v) is 11.8. The molecule has 1 nitrogen and oxygen atoms in total. The van der Waals surface area contributed by atoms with Gasteiger partial charge in [-0.2, -0.15) is 5.26 Å². The molecule has 0 heterocycles. The molecule has 0 unspecified atom stereocenters. The van der Waals surface area contributed by atoms with Gasteiger partial charge in [-0.15, -0.1) is 0 Å². The van der Waals surface area contributed by atoms with E-state index in [-0.39, 0.29) is 0 Å². The van der Waals surface area contributed by atoms with Crippen molar-refractivity contribution in [2.24, 2.45) is 0 Å². The Bertz CT molecular complexity index is 1030. The maximum absolute atomic E-state index is 9.55. The van der Waals surface area contributed by atoms with Crippen LogP contribution in [0.2, 0.25) is 0 Å². The van der Waals surface area contributed by atoms with Crippen molar-refractivity contribution in [1.29, 1.82) is 5.26 Å². The average Bonchev–Trinajstić information content (AvgIpc) is 2.80. The van der Waals surface area contributed by atoms with E-state index in [1.165, 1.54) is 21.5 Å². The zero-order valence-corrected chi connectivity index (χ0v) is 17.4. The van der Waals surface area contributed by atoms with E-state index in [4.69, 9.17) is 0 Å². The van der Waals surface area contributed by atoms with Gasteiger partial charge >= 0.3 is 0 Å². The van der Waals surface area contributed by atoms with Gasteiger partial charge in [0.05, 0.1) is 17.8 Å². The van der Waals surface area contributed by atoms with Crippen molar-refractivity contribution >= 4 is 23.2 Å². The first-order valence-electron chi connectivity index (χ1n) is 9.78. The topological polar surface area (TPSA) is 23.8 Å². The lowest BCUT2D eigenvalue weighted by molar-refractivity contribution is 1.32. The second-order valence-electron chi connectivity index (χ2n) is 7.24. The minimum atomic E-state index is -1.93. The van der Waals surface area contributed by atoms with Gasteiger partial charge in [0.15, 0.2) is 0 Å². The van der Waals surface area contributed by atoms with Gasteiger partial charge < -0.3 is 0 Å². The van der Waals surface area contributed by atoms with Gasteiger partial charge in [0.1, 0.15) is 23.2 Å². The van der Waals surface area contributed by atoms with Gasteiger partial charge in [-0.3, -0.25) is 0 Å². The molecule has 140 valence electrons. The molecular formula is C27H23NP+. The number of hydrogen-bond donors (Lipinski definition) is 0. The third-order valence-corrected chi connectivity index (χ3v) is 9.81. The van der Waals surface area contributed by atoms with Crippen molar-refractivity contribution in [3.8, 4) is 6.07 Å². The van der Waals surface area contributed by atoms with Crippen molar-refractivity contribution in [2.45, 2.75) is 13.1 Å². The molecule has 0 N–H and O–H groups in total. The fraction of sp³-hybridized carbons (Fsp3) is 0.0741. The summed E-state index contributed by atoms with van der Waals surface area (Å²) in [6.07, 6.45) is 0.889. The molecule has 4 aromatic carbocycles. The average molecular weight is 392 g/mol. The summed E-state index contributed by atoms with van der Waals surface area (Å²) in [5.74, 6) is 0. The van der Waals surface area contributed by atoms with Crippen molar-refractivity contribution in [1.82, 2.24) is 0 Å². The van der Waals surface area contributed by atoms with E-state index in [0.717, 1.165) is 17.3 Å². The highest BCUT2D eigenvalue weighted by molar-refractivity contribution is 7.95. The molecule has 4 aromatic rings. The van der Waals surface area contributed by atoms with Crippen LogP contribution in [0.25, 0.3) is 0 Å². The summed E-state index contributed by atoms with van der Waals surface area (Å²) in [4.78, 5) is 0. The highest BCUT2D eigenvalue weighted by Gasteiger charge is 2.45. The summed E-state index contributed by atoms with van der Waals surface area (Å²) < 4.78 is 0. The van der Waals surface area contributed by atoms with E-state index in [1.54, 1.807) is 0 Å². The van der Waals surface area contributed by atoms with Crippen LogP contribution in [-0.2, 0) is 6.16 Å². The second kappa shape index (κ2) is 8.44. The van der Waals surface area contributed by atoms with E-state index < -0.39 is 7.26 Å². The van der Waals surface area contributed by atoms with Crippen LogP contribution in [-0.4, -0.2) is 0 Å². The molecule has 2 heteroatoms. The zero-order chi connectivity index (χ0) is 20.1. The Hall–Kier alpha value is -3.20. The second-order valence-corrected chi connectivity index (χ2v) is 10.7. The van der Waals surface area contributed by atoms with Crippen LogP contribution in [0.4, 0.5) is 0 Å². The van der Waals surface area contributed by atoms with Crippen molar-refractivity contribution in [3.05, 3.63) is 126 Å². The Morgan fingerprint density at radius 2 is 1.10 bits per heavy atom. The SMILES string of the molecule is Cc1ccc(C[P+](c2ccccc2)(c2ccccc2)c2ccccc2)cc1C#N. The van der Waals surface area contributed by atoms with Crippen LogP contribution in [0.3, 0.4) is 0 Å². The zero-order valence-electron chi connectivity index (χ0n) is 16.5. The summed E-state index contributed by atoms with van der Waals surface area (Å²) in [5.41, 5.74) is 2.99. The van der Waals surface area contributed by atoms with Crippen LogP contribution in [0.15, 0.2) is 109 Å². The predicted molar refractivity (Wildman–Crippen MR) is 125 cm³/mol. The van der Waals surface area contributed by atoms with Crippen LogP contribution in [0, 0.1) is 18.3 Å². The Morgan fingerprint density at radius 1 is 0.655 bits per heavy atom. The lowest BCUT2D eigenvalue weighted by Gasteiger charge is -2.28. The first kappa shape index (κ1) is 19.1. The molecule has 0 aliphatic rings. The van der Waals surface area contributed by atoms with Crippen molar-refractivity contribution < 1.29 is 0 Å². The molecule has 0 spiro atoms. The third-order valence-electron chi connectivity index (χ3n) is 5.43. The van der Waals surface area contributed by atoms with E-state index in [0.29, 0.717) is 0 Å². The monoisotopic (exact) mass is 392 g/mol. The molecule has 0 saturated heterocycles. The third kappa shape index (κ3) is 3.73. The summed E-state index contributed by atoms with van der Waals surface area (Å²) in [6, 6.07) is 41.2. The molecule has 0 amide bonds. The summed E-state index contributed by atoms with van der Waals surface area (Å²) in [5, 5.41) is 13.6. The van der Waals surface area contributed by atoms with Gasteiger partial charge in [0, 0.05) is 0 Å². The Labute approximate surface area is 173 Å². The van der Waals surface area contributed by atoms with Gasteiger partial charge in [-0.1, -0.05) is 66.7 Å². The standard InChI is InChI=1S/C27H23NP/c1-22-17-18-23(19-24(22)20-28)21-29(25-11-5-2-6-12-25,26-13-7-3-8-14-26)27-15-9-4-10-16-27/h2-19H,21H2,1H3/q+1. The normalized spacial score (nSPS) is 11.0. The summed E-state index contributed by atoms with van der Waals surface area (Å²) in [7, 11) is -1.93. The number of benzene rings is 4. The highest BCUT2D eigenvalue weighted by Crippen LogP contribution is 2.58. The van der Waals surface area contributed by atoms with E-state index in [2.05, 4.69) is 115 Å².